The molecule has 0 heterocycles. The number of benzene rings is 1. The highest BCUT2D eigenvalue weighted by Crippen LogP contribution is 2.19. The number of primary sulfonamides is 1. The summed E-state index contributed by atoms with van der Waals surface area (Å²) >= 11 is 5.91. The van der Waals surface area contributed by atoms with E-state index in [0.29, 0.717) is 11.6 Å². The van der Waals surface area contributed by atoms with Gasteiger partial charge in [0.1, 0.15) is 0 Å². The zero-order valence-electron chi connectivity index (χ0n) is 9.69. The van der Waals surface area contributed by atoms with Gasteiger partial charge in [-0.05, 0) is 24.1 Å². The first-order valence-electron chi connectivity index (χ1n) is 5.41. The molecule has 17 heavy (non-hydrogen) atoms. The third-order valence-corrected chi connectivity index (χ3v) is 3.44. The van der Waals surface area contributed by atoms with Gasteiger partial charge in [-0.1, -0.05) is 30.7 Å². The average molecular weight is 277 g/mol. The maximum Gasteiger partial charge on any atom is 0.210 e. The van der Waals surface area contributed by atoms with Crippen molar-refractivity contribution in [2.75, 3.05) is 12.3 Å². The molecule has 1 atom stereocenters. The van der Waals surface area contributed by atoms with Crippen LogP contribution in [0.3, 0.4) is 0 Å². The summed E-state index contributed by atoms with van der Waals surface area (Å²) in [4.78, 5) is 0. The van der Waals surface area contributed by atoms with Crippen molar-refractivity contribution < 1.29 is 8.42 Å². The molecule has 0 saturated carbocycles. The molecule has 6 heteroatoms. The van der Waals surface area contributed by atoms with Crippen molar-refractivity contribution in [2.24, 2.45) is 5.14 Å². The van der Waals surface area contributed by atoms with Crippen LogP contribution in [0.15, 0.2) is 24.3 Å². The summed E-state index contributed by atoms with van der Waals surface area (Å²) in [6, 6.07) is 7.61. The SMILES string of the molecule is CCC(NCCS(N)(=O)=O)c1cccc(Cl)c1. The Morgan fingerprint density at radius 2 is 2.18 bits per heavy atom. The summed E-state index contributed by atoms with van der Waals surface area (Å²) in [5, 5.41) is 8.76. The molecule has 96 valence electrons. The highest BCUT2D eigenvalue weighted by Gasteiger charge is 2.10. The van der Waals surface area contributed by atoms with E-state index >= 15 is 0 Å². The number of nitrogens with one attached hydrogen (secondary N) is 1. The molecule has 0 aliphatic heterocycles. The Bertz CT molecular complexity index is 462. The summed E-state index contributed by atoms with van der Waals surface area (Å²) in [6.07, 6.45) is 0.852. The van der Waals surface area contributed by atoms with Gasteiger partial charge in [0.05, 0.1) is 5.75 Å². The molecule has 1 unspecified atom stereocenters. The smallest absolute Gasteiger partial charge is 0.210 e. The quantitative estimate of drug-likeness (QED) is 0.830. The minimum absolute atomic E-state index is 0.0654. The van der Waals surface area contributed by atoms with Crippen molar-refractivity contribution in [3.63, 3.8) is 0 Å². The molecule has 0 saturated heterocycles. The van der Waals surface area contributed by atoms with E-state index in [4.69, 9.17) is 16.7 Å². The first-order chi connectivity index (χ1) is 7.92. The Morgan fingerprint density at radius 1 is 1.47 bits per heavy atom. The summed E-state index contributed by atoms with van der Waals surface area (Å²) in [5.41, 5.74) is 1.05. The lowest BCUT2D eigenvalue weighted by Gasteiger charge is -2.17. The molecular formula is C11H17ClN2O2S. The number of halogens is 1. The Labute approximate surface area is 107 Å². The van der Waals surface area contributed by atoms with Crippen LogP contribution in [0.25, 0.3) is 0 Å². The lowest BCUT2D eigenvalue weighted by molar-refractivity contribution is 0.531. The summed E-state index contributed by atoms with van der Waals surface area (Å²) in [6.45, 7) is 2.36. The monoisotopic (exact) mass is 276 g/mol. The van der Waals surface area contributed by atoms with Gasteiger partial charge in [-0.3, -0.25) is 0 Å². The maximum absolute atomic E-state index is 10.8. The van der Waals surface area contributed by atoms with E-state index in [1.807, 2.05) is 31.2 Å². The standard InChI is InChI=1S/C11H17ClN2O2S/c1-2-11(14-6-7-17(13,15)16)9-4-3-5-10(12)8-9/h3-5,8,11,14H,2,6-7H2,1H3,(H2,13,15,16). The average Bonchev–Trinajstić information content (AvgIpc) is 2.23. The summed E-state index contributed by atoms with van der Waals surface area (Å²) in [7, 11) is -3.41. The van der Waals surface area contributed by atoms with Crippen molar-refractivity contribution in [1.29, 1.82) is 0 Å². The van der Waals surface area contributed by atoms with Crippen LogP contribution >= 0.6 is 11.6 Å². The molecule has 0 radical (unpaired) electrons. The number of hydrogen-bond acceptors (Lipinski definition) is 3. The predicted octanol–water partition coefficient (Wildman–Crippen LogP) is 1.67. The Balaban J connectivity index is 2.60. The highest BCUT2D eigenvalue weighted by molar-refractivity contribution is 7.89. The molecule has 0 aromatic heterocycles. The second kappa shape index (κ2) is 6.35. The fraction of sp³-hybridized carbons (Fsp3) is 0.455. The lowest BCUT2D eigenvalue weighted by atomic mass is 10.0. The van der Waals surface area contributed by atoms with Gasteiger partial charge in [0.25, 0.3) is 0 Å². The number of nitrogens with two attached hydrogens (primary N) is 1. The van der Waals surface area contributed by atoms with Crippen LogP contribution in [0.2, 0.25) is 5.02 Å². The molecule has 0 aliphatic rings. The van der Waals surface area contributed by atoms with Crippen LogP contribution < -0.4 is 10.5 Å². The number of rotatable bonds is 6. The van der Waals surface area contributed by atoms with E-state index in [1.54, 1.807) is 0 Å². The number of sulfonamides is 1. The van der Waals surface area contributed by atoms with Crippen molar-refractivity contribution in [1.82, 2.24) is 5.32 Å². The lowest BCUT2D eigenvalue weighted by Crippen LogP contribution is -2.29. The Hall–Kier alpha value is -0.620. The largest absolute Gasteiger partial charge is 0.309 e. The van der Waals surface area contributed by atoms with Crippen LogP contribution in [0.1, 0.15) is 24.9 Å². The molecule has 0 bridgehead atoms. The van der Waals surface area contributed by atoms with Gasteiger partial charge in [-0.15, -0.1) is 0 Å². The molecule has 1 aromatic rings. The molecule has 0 aliphatic carbocycles. The Morgan fingerprint density at radius 3 is 2.71 bits per heavy atom. The van der Waals surface area contributed by atoms with Crippen LogP contribution in [0.5, 0.6) is 0 Å². The van der Waals surface area contributed by atoms with Crippen molar-refractivity contribution in [3.8, 4) is 0 Å². The second-order valence-electron chi connectivity index (χ2n) is 3.84. The molecule has 0 amide bonds. The second-order valence-corrected chi connectivity index (χ2v) is 6.01. The molecular weight excluding hydrogens is 260 g/mol. The predicted molar refractivity (Wildman–Crippen MR) is 70.5 cm³/mol. The molecule has 1 aromatic carbocycles. The summed E-state index contributed by atoms with van der Waals surface area (Å²) < 4.78 is 21.6. The number of hydrogen-bond donors (Lipinski definition) is 2. The molecule has 4 nitrogen and oxygen atoms in total. The first-order valence-corrected chi connectivity index (χ1v) is 7.51. The van der Waals surface area contributed by atoms with Gasteiger partial charge in [0.2, 0.25) is 10.0 Å². The third kappa shape index (κ3) is 5.50. The molecule has 3 N–H and O–H groups in total. The van der Waals surface area contributed by atoms with Gasteiger partial charge in [-0.2, -0.15) is 0 Å². The zero-order valence-corrected chi connectivity index (χ0v) is 11.3. The van der Waals surface area contributed by atoms with Crippen molar-refractivity contribution in [3.05, 3.63) is 34.9 Å². The van der Waals surface area contributed by atoms with Gasteiger partial charge in [0.15, 0.2) is 0 Å². The van der Waals surface area contributed by atoms with Crippen LogP contribution in [-0.2, 0) is 10.0 Å². The van der Waals surface area contributed by atoms with Crippen LogP contribution in [-0.4, -0.2) is 20.7 Å². The minimum atomic E-state index is -3.41. The van der Waals surface area contributed by atoms with Crippen LogP contribution in [0, 0.1) is 0 Å². The maximum atomic E-state index is 10.8. The molecule has 0 fully saturated rings. The van der Waals surface area contributed by atoms with Gasteiger partial charge < -0.3 is 5.32 Å². The molecule has 0 spiro atoms. The van der Waals surface area contributed by atoms with Crippen molar-refractivity contribution >= 4 is 21.6 Å². The fourth-order valence-corrected chi connectivity index (χ4v) is 2.20. The van der Waals surface area contributed by atoms with E-state index in [2.05, 4.69) is 5.32 Å². The zero-order chi connectivity index (χ0) is 12.9. The van der Waals surface area contributed by atoms with Crippen molar-refractivity contribution in [2.45, 2.75) is 19.4 Å². The normalized spacial score (nSPS) is 13.6. The fourth-order valence-electron chi connectivity index (χ4n) is 1.60. The minimum Gasteiger partial charge on any atom is -0.309 e. The third-order valence-electron chi connectivity index (χ3n) is 2.44. The van der Waals surface area contributed by atoms with E-state index in [9.17, 15) is 8.42 Å². The van der Waals surface area contributed by atoms with E-state index in [0.717, 1.165) is 12.0 Å². The van der Waals surface area contributed by atoms with E-state index in [1.165, 1.54) is 0 Å². The highest BCUT2D eigenvalue weighted by atomic mass is 35.5. The van der Waals surface area contributed by atoms with Gasteiger partial charge >= 0.3 is 0 Å². The van der Waals surface area contributed by atoms with E-state index in [-0.39, 0.29) is 11.8 Å². The van der Waals surface area contributed by atoms with Gasteiger partial charge in [0, 0.05) is 17.6 Å². The van der Waals surface area contributed by atoms with E-state index < -0.39 is 10.0 Å². The van der Waals surface area contributed by atoms with Crippen LogP contribution in [0.4, 0.5) is 0 Å². The van der Waals surface area contributed by atoms with Gasteiger partial charge in [-0.25, -0.2) is 13.6 Å². The molecule has 1 rings (SSSR count). The Kier molecular flexibility index (Phi) is 5.39. The summed E-state index contributed by atoms with van der Waals surface area (Å²) in [5.74, 6) is -0.0654. The topological polar surface area (TPSA) is 72.2 Å². The first kappa shape index (κ1) is 14.4.